The molecular weight excluding hydrogens is 304 g/mol. The lowest BCUT2D eigenvalue weighted by Gasteiger charge is -2.08. The van der Waals surface area contributed by atoms with Gasteiger partial charge in [0.2, 0.25) is 11.6 Å². The van der Waals surface area contributed by atoms with Gasteiger partial charge in [0.05, 0.1) is 9.95 Å². The van der Waals surface area contributed by atoms with Gasteiger partial charge >= 0.3 is 5.69 Å². The number of nitrogens with zero attached hydrogens (tertiary/aromatic N) is 3. The van der Waals surface area contributed by atoms with Gasteiger partial charge in [-0.2, -0.15) is 4.98 Å². The number of rotatable bonds is 4. The number of anilines is 1. The fourth-order valence-corrected chi connectivity index (χ4v) is 2.00. The van der Waals surface area contributed by atoms with Gasteiger partial charge in [-0.25, -0.2) is 4.98 Å². The van der Waals surface area contributed by atoms with Crippen LogP contribution in [0.2, 0.25) is 5.02 Å². The lowest BCUT2D eigenvalue weighted by Crippen LogP contribution is -1.99. The number of aromatic nitrogens is 2. The van der Waals surface area contributed by atoms with Gasteiger partial charge in [0.25, 0.3) is 0 Å². The number of nitro benzene ring substituents is 1. The van der Waals surface area contributed by atoms with Crippen molar-refractivity contribution in [2.45, 2.75) is 5.16 Å². The number of halogens is 1. The highest BCUT2D eigenvalue weighted by molar-refractivity contribution is 7.98. The third kappa shape index (κ3) is 3.09. The largest absolute Gasteiger partial charge is 0.430 e. The summed E-state index contributed by atoms with van der Waals surface area (Å²) < 4.78 is 5.41. The van der Waals surface area contributed by atoms with Crippen LogP contribution in [-0.4, -0.2) is 21.1 Å². The molecule has 2 aromatic rings. The Hall–Kier alpha value is -2.06. The SMILES string of the molecule is CSc1nc(N)cc(Oc2c(Cl)cccc2[N+](=O)[O-])n1. The van der Waals surface area contributed by atoms with Crippen LogP contribution in [0, 0.1) is 10.1 Å². The summed E-state index contributed by atoms with van der Waals surface area (Å²) in [5.74, 6) is 0.219. The molecule has 0 amide bonds. The van der Waals surface area contributed by atoms with E-state index >= 15 is 0 Å². The van der Waals surface area contributed by atoms with E-state index < -0.39 is 4.92 Å². The Kier molecular flexibility index (Phi) is 4.26. The number of nitrogen functional groups attached to an aromatic ring is 1. The number of nitro groups is 1. The van der Waals surface area contributed by atoms with Gasteiger partial charge in [-0.3, -0.25) is 10.1 Å². The zero-order valence-corrected chi connectivity index (χ0v) is 11.8. The molecule has 0 saturated heterocycles. The fraction of sp³-hybridized carbons (Fsp3) is 0.0909. The first-order valence-corrected chi connectivity index (χ1v) is 6.91. The second-order valence-corrected chi connectivity index (χ2v) is 4.75. The molecule has 0 saturated carbocycles. The number of thioether (sulfide) groups is 1. The smallest absolute Gasteiger partial charge is 0.313 e. The molecule has 0 spiro atoms. The molecule has 0 aliphatic heterocycles. The Labute approximate surface area is 123 Å². The minimum absolute atomic E-state index is 0.0793. The second kappa shape index (κ2) is 5.93. The number of hydrogen-bond donors (Lipinski definition) is 1. The molecule has 104 valence electrons. The van der Waals surface area contributed by atoms with E-state index in [2.05, 4.69) is 9.97 Å². The number of hydrogen-bond acceptors (Lipinski definition) is 7. The van der Waals surface area contributed by atoms with Gasteiger partial charge < -0.3 is 10.5 Å². The first-order valence-electron chi connectivity index (χ1n) is 5.30. The van der Waals surface area contributed by atoms with Crippen LogP contribution in [-0.2, 0) is 0 Å². The lowest BCUT2D eigenvalue weighted by molar-refractivity contribution is -0.385. The van der Waals surface area contributed by atoms with Crippen LogP contribution >= 0.6 is 23.4 Å². The van der Waals surface area contributed by atoms with Crippen molar-refractivity contribution in [3.8, 4) is 11.6 Å². The molecule has 1 aromatic carbocycles. The van der Waals surface area contributed by atoms with Crippen LogP contribution in [0.4, 0.5) is 11.5 Å². The van der Waals surface area contributed by atoms with Gasteiger partial charge in [-0.05, 0) is 12.3 Å². The number of ether oxygens (including phenoxy) is 1. The third-order valence-corrected chi connectivity index (χ3v) is 3.08. The Morgan fingerprint density at radius 2 is 2.20 bits per heavy atom. The van der Waals surface area contributed by atoms with Crippen molar-refractivity contribution in [2.24, 2.45) is 0 Å². The van der Waals surface area contributed by atoms with Gasteiger partial charge in [0, 0.05) is 12.1 Å². The lowest BCUT2D eigenvalue weighted by atomic mass is 10.3. The highest BCUT2D eigenvalue weighted by Crippen LogP contribution is 2.37. The van der Waals surface area contributed by atoms with Gasteiger partial charge in [0.15, 0.2) is 5.16 Å². The van der Waals surface area contributed by atoms with Crippen LogP contribution in [0.1, 0.15) is 0 Å². The molecule has 0 bridgehead atoms. The maximum absolute atomic E-state index is 11.0. The molecule has 2 N–H and O–H groups in total. The maximum atomic E-state index is 11.0. The van der Waals surface area contributed by atoms with E-state index in [9.17, 15) is 10.1 Å². The van der Waals surface area contributed by atoms with Gasteiger partial charge in [-0.15, -0.1) is 0 Å². The van der Waals surface area contributed by atoms with Crippen LogP contribution in [0.15, 0.2) is 29.4 Å². The van der Waals surface area contributed by atoms with Crippen molar-refractivity contribution >= 4 is 34.9 Å². The highest BCUT2D eigenvalue weighted by atomic mass is 35.5. The third-order valence-electron chi connectivity index (χ3n) is 2.23. The quantitative estimate of drug-likeness (QED) is 0.400. The summed E-state index contributed by atoms with van der Waals surface area (Å²) in [6.07, 6.45) is 1.77. The summed E-state index contributed by atoms with van der Waals surface area (Å²) in [6, 6.07) is 5.62. The molecule has 0 atom stereocenters. The van der Waals surface area contributed by atoms with E-state index in [4.69, 9.17) is 22.1 Å². The Morgan fingerprint density at radius 3 is 2.85 bits per heavy atom. The minimum Gasteiger partial charge on any atom is -0.430 e. The molecule has 0 radical (unpaired) electrons. The van der Waals surface area contributed by atoms with Crippen molar-refractivity contribution < 1.29 is 9.66 Å². The molecule has 9 heteroatoms. The zero-order chi connectivity index (χ0) is 14.7. The van der Waals surface area contributed by atoms with Crippen molar-refractivity contribution in [3.63, 3.8) is 0 Å². The number of para-hydroxylation sites is 1. The molecule has 0 aliphatic rings. The van der Waals surface area contributed by atoms with Crippen LogP contribution in [0.5, 0.6) is 11.6 Å². The Balaban J connectivity index is 2.44. The first-order chi connectivity index (χ1) is 9.51. The summed E-state index contributed by atoms with van der Waals surface area (Å²) in [6.45, 7) is 0. The molecule has 20 heavy (non-hydrogen) atoms. The van der Waals surface area contributed by atoms with Crippen LogP contribution < -0.4 is 10.5 Å². The molecule has 2 rings (SSSR count). The maximum Gasteiger partial charge on any atom is 0.313 e. The van der Waals surface area contributed by atoms with E-state index in [1.807, 2.05) is 0 Å². The average Bonchev–Trinajstić information content (AvgIpc) is 2.40. The summed E-state index contributed by atoms with van der Waals surface area (Å²) in [5, 5.41) is 11.5. The van der Waals surface area contributed by atoms with Gasteiger partial charge in [-0.1, -0.05) is 29.4 Å². The predicted octanol–water partition coefficient (Wildman–Crippen LogP) is 3.13. The standard InChI is InChI=1S/C11H9ClN4O3S/c1-20-11-14-8(13)5-9(15-11)19-10-6(12)3-2-4-7(10)16(17)18/h2-5H,1H3,(H2,13,14,15). The van der Waals surface area contributed by atoms with Crippen molar-refractivity contribution in [2.75, 3.05) is 12.0 Å². The summed E-state index contributed by atoms with van der Waals surface area (Å²) in [4.78, 5) is 18.4. The molecule has 7 nitrogen and oxygen atoms in total. The number of benzene rings is 1. The molecule has 1 heterocycles. The predicted molar refractivity (Wildman–Crippen MR) is 76.4 cm³/mol. The molecule has 1 aromatic heterocycles. The van der Waals surface area contributed by atoms with E-state index in [1.165, 1.54) is 36.0 Å². The van der Waals surface area contributed by atoms with E-state index in [-0.39, 0.29) is 28.2 Å². The second-order valence-electron chi connectivity index (χ2n) is 3.57. The van der Waals surface area contributed by atoms with E-state index in [0.717, 1.165) is 0 Å². The normalized spacial score (nSPS) is 10.3. The fourth-order valence-electron chi connectivity index (χ4n) is 1.41. The molecule has 0 aliphatic carbocycles. The van der Waals surface area contributed by atoms with Crippen LogP contribution in [0.25, 0.3) is 0 Å². The first kappa shape index (κ1) is 14.4. The average molecular weight is 313 g/mol. The topological polar surface area (TPSA) is 104 Å². The van der Waals surface area contributed by atoms with E-state index in [0.29, 0.717) is 5.16 Å². The highest BCUT2D eigenvalue weighted by Gasteiger charge is 2.20. The minimum atomic E-state index is -0.582. The van der Waals surface area contributed by atoms with Crippen molar-refractivity contribution in [3.05, 3.63) is 39.4 Å². The number of nitrogens with two attached hydrogens (primary N) is 1. The Bertz CT molecular complexity index is 668. The van der Waals surface area contributed by atoms with E-state index in [1.54, 1.807) is 6.26 Å². The molecule has 0 unspecified atom stereocenters. The molecule has 0 fully saturated rings. The van der Waals surface area contributed by atoms with Crippen molar-refractivity contribution in [1.82, 2.24) is 9.97 Å². The van der Waals surface area contributed by atoms with Crippen molar-refractivity contribution in [1.29, 1.82) is 0 Å². The van der Waals surface area contributed by atoms with Crippen LogP contribution in [0.3, 0.4) is 0 Å². The zero-order valence-electron chi connectivity index (χ0n) is 10.2. The monoisotopic (exact) mass is 312 g/mol. The summed E-state index contributed by atoms with van der Waals surface area (Å²) >= 11 is 7.20. The summed E-state index contributed by atoms with van der Waals surface area (Å²) in [7, 11) is 0. The molecular formula is C11H9ClN4O3S. The Morgan fingerprint density at radius 1 is 1.45 bits per heavy atom. The van der Waals surface area contributed by atoms with Gasteiger partial charge in [0.1, 0.15) is 5.82 Å². The summed E-state index contributed by atoms with van der Waals surface area (Å²) in [5.41, 5.74) is 5.36.